The van der Waals surface area contributed by atoms with Gasteiger partial charge in [0.05, 0.1) is 0 Å². The van der Waals surface area contributed by atoms with Crippen molar-refractivity contribution in [2.24, 2.45) is 0 Å². The number of hydrogen-bond acceptors (Lipinski definition) is 5. The highest BCUT2D eigenvalue weighted by molar-refractivity contribution is 6.83. The van der Waals surface area contributed by atoms with Crippen LogP contribution in [0.4, 0.5) is 0 Å². The lowest BCUT2D eigenvalue weighted by molar-refractivity contribution is 0.404. The van der Waals surface area contributed by atoms with Crippen LogP contribution in [0.25, 0.3) is 33.1 Å². The minimum absolute atomic E-state index is 0.550. The standard InChI is InChI=1S/C23H33N3Si.C19H33N3Si.C17H27ClN2Si/c1-16(2)27(17(3)4,18(5)6)26-15-21(22-9-8-12-24-23(22)26)13-20-11-10-19(7)25-14-20;1-14(2)23(15(3)4,16(5)6)22-13-17(12-21(7)8)18-10-9-11-20-19(18)22;1-12(2)21(13(3)4,14(5)6)20-11-15(10-18)16-8-7-9-19-17(16)20/h8-12,14-18H,13H2,1-7H3;9-11,13-16H,12H2,1-8H3;7-9,11-14H,10H2,1-6H3. The summed E-state index contributed by atoms with van der Waals surface area (Å²) in [6.45, 7) is 46.2. The Morgan fingerprint density at radius 3 is 1.08 bits per heavy atom. The molecule has 0 atom stereocenters. The van der Waals surface area contributed by atoms with Crippen molar-refractivity contribution in [3.05, 3.63) is 120 Å². The fourth-order valence-electron chi connectivity index (χ4n) is 14.3. The maximum absolute atomic E-state index is 6.18. The van der Waals surface area contributed by atoms with Crippen LogP contribution in [0.15, 0.2) is 91.9 Å². The maximum atomic E-state index is 6.18. The SMILES string of the molecule is CC(C)[Si](C(C)C)(C(C)C)n1cc(CCl)c2cccnc21.CC(C)[Si](C(C)C)(C(C)C)n1cc(CN(C)C)c2cccnc21.Cc1ccc(Cc2cn([Si](C(C)C)(C(C)C)C(C)C)c3ncccc23)cn1. The van der Waals surface area contributed by atoms with Crippen LogP contribution in [0.2, 0.25) is 49.9 Å². The molecule has 0 radical (unpaired) electrons. The average molecular weight is 1030 g/mol. The normalized spacial score (nSPS) is 13.0. The number of fused-ring (bicyclic) bond motifs is 3. The van der Waals surface area contributed by atoms with Gasteiger partial charge in [-0.25, -0.2) is 15.0 Å². The molecule has 0 aliphatic carbocycles. The van der Waals surface area contributed by atoms with E-state index in [-0.39, 0.29) is 0 Å². The Kier molecular flexibility index (Phi) is 19.6. The Labute approximate surface area is 438 Å². The number of halogens is 1. The van der Waals surface area contributed by atoms with Crippen LogP contribution >= 0.6 is 11.6 Å². The molecule has 12 heteroatoms. The first-order valence-electron chi connectivity index (χ1n) is 26.9. The van der Waals surface area contributed by atoms with Gasteiger partial charge in [0.1, 0.15) is 16.9 Å². The summed E-state index contributed by atoms with van der Waals surface area (Å²) in [5, 5.41) is 3.82. The van der Waals surface area contributed by atoms with E-state index in [0.29, 0.717) is 55.8 Å². The molecule has 0 N–H and O–H groups in total. The van der Waals surface area contributed by atoms with Crippen molar-refractivity contribution < 1.29 is 0 Å². The Morgan fingerprint density at radius 1 is 0.451 bits per heavy atom. The van der Waals surface area contributed by atoms with E-state index >= 15 is 0 Å². The number of aromatic nitrogens is 7. The largest absolute Gasteiger partial charge is 0.358 e. The number of aryl methyl sites for hydroxylation is 1. The fourth-order valence-corrected chi connectivity index (χ4v) is 34.3. The highest BCUT2D eigenvalue weighted by atomic mass is 35.5. The first-order valence-corrected chi connectivity index (χ1v) is 33.9. The van der Waals surface area contributed by atoms with E-state index in [1.165, 1.54) is 44.1 Å². The summed E-state index contributed by atoms with van der Waals surface area (Å²) >= 11 is 6.18. The Bertz CT molecular complexity index is 2710. The molecule has 0 spiro atoms. The van der Waals surface area contributed by atoms with E-state index in [9.17, 15) is 0 Å². The van der Waals surface area contributed by atoms with Crippen LogP contribution in [-0.4, -0.2) is 76.3 Å². The van der Waals surface area contributed by atoms with Crippen molar-refractivity contribution in [3.63, 3.8) is 0 Å². The zero-order chi connectivity index (χ0) is 52.9. The van der Waals surface area contributed by atoms with Crippen molar-refractivity contribution in [2.45, 2.75) is 200 Å². The van der Waals surface area contributed by atoms with E-state index in [1.54, 1.807) is 0 Å². The molecule has 0 unspecified atom stereocenters. The second kappa shape index (κ2) is 24.0. The van der Waals surface area contributed by atoms with Crippen LogP contribution in [-0.2, 0) is 18.8 Å². The minimum atomic E-state index is -1.83. The second-order valence-corrected chi connectivity index (χ2v) is 41.0. The zero-order valence-corrected chi connectivity index (χ0v) is 51.7. The summed E-state index contributed by atoms with van der Waals surface area (Å²) in [7, 11) is -1.09. The lowest BCUT2D eigenvalue weighted by Crippen LogP contribution is -2.51. The van der Waals surface area contributed by atoms with Gasteiger partial charge in [-0.1, -0.05) is 131 Å². The summed E-state index contributed by atoms with van der Waals surface area (Å²) in [5.41, 5.74) is 15.7. The van der Waals surface area contributed by atoms with Crippen molar-refractivity contribution in [1.29, 1.82) is 0 Å². The van der Waals surface area contributed by atoms with E-state index in [0.717, 1.165) is 30.0 Å². The van der Waals surface area contributed by atoms with Crippen molar-refractivity contribution in [2.75, 3.05) is 14.1 Å². The molecule has 71 heavy (non-hydrogen) atoms. The quantitative estimate of drug-likeness (QED) is 0.0671. The van der Waals surface area contributed by atoms with Gasteiger partial charge in [0.25, 0.3) is 0 Å². The van der Waals surface area contributed by atoms with Gasteiger partial charge in [-0.3, -0.25) is 4.98 Å². The second-order valence-electron chi connectivity index (χ2n) is 23.6. The van der Waals surface area contributed by atoms with Crippen molar-refractivity contribution in [1.82, 2.24) is 37.5 Å². The van der Waals surface area contributed by atoms with E-state index < -0.39 is 24.7 Å². The fraction of sp³-hybridized carbons (Fsp3) is 0.559. The molecular weight excluding hydrogens is 940 g/mol. The van der Waals surface area contributed by atoms with Crippen LogP contribution < -0.4 is 0 Å². The lowest BCUT2D eigenvalue weighted by Gasteiger charge is -2.44. The van der Waals surface area contributed by atoms with E-state index in [2.05, 4.69) is 222 Å². The smallest absolute Gasteiger partial charge is 0.171 e. The van der Waals surface area contributed by atoms with Crippen LogP contribution in [0, 0.1) is 6.92 Å². The topological polar surface area (TPSA) is 69.6 Å². The number of pyridine rings is 4. The Hall–Kier alpha value is -3.88. The third kappa shape index (κ3) is 11.0. The summed E-state index contributed by atoms with van der Waals surface area (Å²) in [6.07, 6.45) is 15.8. The minimum Gasteiger partial charge on any atom is -0.358 e. The highest BCUT2D eigenvalue weighted by Gasteiger charge is 2.48. The summed E-state index contributed by atoms with van der Waals surface area (Å²) < 4.78 is 7.79. The summed E-state index contributed by atoms with van der Waals surface area (Å²) in [6, 6.07) is 17.0. The average Bonchev–Trinajstić information content (AvgIpc) is 3.96. The maximum Gasteiger partial charge on any atom is 0.171 e. The van der Waals surface area contributed by atoms with Crippen molar-refractivity contribution in [3.8, 4) is 0 Å². The third-order valence-electron chi connectivity index (χ3n) is 16.5. The van der Waals surface area contributed by atoms with Gasteiger partial charge in [0, 0.05) is 84.1 Å². The third-order valence-corrected chi connectivity index (χ3v) is 37.0. The van der Waals surface area contributed by atoms with Crippen LogP contribution in [0.3, 0.4) is 0 Å². The van der Waals surface area contributed by atoms with Gasteiger partial charge in [0.2, 0.25) is 0 Å². The predicted molar refractivity (Wildman–Crippen MR) is 317 cm³/mol. The molecule has 0 aromatic carbocycles. The van der Waals surface area contributed by atoms with Gasteiger partial charge in [-0.15, -0.1) is 11.6 Å². The molecule has 8 nitrogen and oxygen atoms in total. The molecule has 7 rings (SSSR count). The molecule has 0 amide bonds. The lowest BCUT2D eigenvalue weighted by atomic mass is 10.1. The van der Waals surface area contributed by atoms with Gasteiger partial charge >= 0.3 is 0 Å². The highest BCUT2D eigenvalue weighted by Crippen LogP contribution is 2.47. The first kappa shape index (κ1) is 58.0. The van der Waals surface area contributed by atoms with Crippen LogP contribution in [0.1, 0.15) is 153 Å². The summed E-state index contributed by atoms with van der Waals surface area (Å²) in [4.78, 5) is 21.1. The number of hydrogen-bond donors (Lipinski definition) is 0. The monoisotopic (exact) mass is 1030 g/mol. The van der Waals surface area contributed by atoms with Gasteiger partial charge in [-0.05, 0) is 136 Å². The molecule has 0 saturated carbocycles. The Morgan fingerprint density at radius 2 is 0.775 bits per heavy atom. The molecular formula is C59H93ClN8Si3. The molecule has 0 aliphatic heterocycles. The zero-order valence-electron chi connectivity index (χ0n) is 47.9. The number of nitrogens with zero attached hydrogens (tertiary/aromatic N) is 8. The molecule has 0 aliphatic rings. The van der Waals surface area contributed by atoms with Gasteiger partial charge < -0.3 is 17.6 Å². The molecule has 7 aromatic heterocycles. The van der Waals surface area contributed by atoms with Gasteiger partial charge in [-0.2, -0.15) is 0 Å². The molecule has 7 aromatic rings. The van der Waals surface area contributed by atoms with E-state index in [4.69, 9.17) is 26.6 Å². The molecule has 7 heterocycles. The van der Waals surface area contributed by atoms with Crippen LogP contribution in [0.5, 0.6) is 0 Å². The Balaban J connectivity index is 0.000000200. The molecule has 0 bridgehead atoms. The number of alkyl halides is 1. The first-order chi connectivity index (χ1) is 33.4. The van der Waals surface area contributed by atoms with Gasteiger partial charge in [0.15, 0.2) is 24.7 Å². The van der Waals surface area contributed by atoms with E-state index in [1.807, 2.05) is 37.8 Å². The number of rotatable bonds is 17. The summed E-state index contributed by atoms with van der Waals surface area (Å²) in [5.74, 6) is 0.550. The molecule has 0 saturated heterocycles. The predicted octanol–water partition coefficient (Wildman–Crippen LogP) is 17.3. The molecule has 0 fully saturated rings. The van der Waals surface area contributed by atoms with Crippen molar-refractivity contribution >= 4 is 69.4 Å². The molecule has 388 valence electrons.